The van der Waals surface area contributed by atoms with Gasteiger partial charge in [-0.05, 0) is 24.6 Å². The lowest BCUT2D eigenvalue weighted by molar-refractivity contribution is -0.130. The first-order chi connectivity index (χ1) is 9.17. The number of hydrogen-bond acceptors (Lipinski definition) is 2. The quantitative estimate of drug-likeness (QED) is 0.672. The van der Waals surface area contributed by atoms with Gasteiger partial charge < -0.3 is 9.64 Å². The van der Waals surface area contributed by atoms with Crippen LogP contribution in [-0.4, -0.2) is 30.5 Å². The average Bonchev–Trinajstić information content (AvgIpc) is 2.38. The molecule has 0 fully saturated rings. The zero-order chi connectivity index (χ0) is 14.1. The van der Waals surface area contributed by atoms with E-state index in [-0.39, 0.29) is 5.91 Å². The van der Waals surface area contributed by atoms with Crippen LogP contribution in [0.5, 0.6) is 5.75 Å². The van der Waals surface area contributed by atoms with Gasteiger partial charge in [0.05, 0.1) is 13.0 Å². The van der Waals surface area contributed by atoms with Gasteiger partial charge in [0, 0.05) is 13.1 Å². The normalized spacial score (nSPS) is 9.74. The summed E-state index contributed by atoms with van der Waals surface area (Å²) in [6, 6.07) is 7.79. The first-order valence-corrected chi connectivity index (χ1v) is 6.36. The molecule has 1 amide bonds. The van der Waals surface area contributed by atoms with Gasteiger partial charge in [-0.3, -0.25) is 4.79 Å². The molecule has 1 aromatic carbocycles. The highest BCUT2D eigenvalue weighted by atomic mass is 16.5. The number of benzene rings is 1. The Morgan fingerprint density at radius 1 is 1.32 bits per heavy atom. The van der Waals surface area contributed by atoms with Gasteiger partial charge in [0.2, 0.25) is 5.91 Å². The fourth-order valence-corrected chi connectivity index (χ4v) is 1.71. The van der Waals surface area contributed by atoms with E-state index in [0.29, 0.717) is 26.1 Å². The van der Waals surface area contributed by atoms with Crippen LogP contribution in [0, 0.1) is 6.92 Å². The predicted octanol–water partition coefficient (Wildman–Crippen LogP) is 2.96. The first kappa shape index (κ1) is 15.0. The van der Waals surface area contributed by atoms with E-state index in [1.54, 1.807) is 17.1 Å². The fourth-order valence-electron chi connectivity index (χ4n) is 1.71. The molecule has 0 atom stereocenters. The van der Waals surface area contributed by atoms with E-state index in [2.05, 4.69) is 13.2 Å². The Labute approximate surface area is 115 Å². The van der Waals surface area contributed by atoms with Gasteiger partial charge in [-0.25, -0.2) is 0 Å². The standard InChI is InChI=1S/C16H21NO2/c1-4-10-17(11-5-2)16(18)9-12-19-15-8-6-7-14(3)13-15/h4-8,13H,1-2,9-12H2,3H3. The van der Waals surface area contributed by atoms with Gasteiger partial charge in [0.15, 0.2) is 0 Å². The van der Waals surface area contributed by atoms with Crippen LogP contribution in [-0.2, 0) is 4.79 Å². The molecule has 0 aromatic heterocycles. The molecular weight excluding hydrogens is 238 g/mol. The van der Waals surface area contributed by atoms with Crippen LogP contribution in [0.3, 0.4) is 0 Å². The first-order valence-electron chi connectivity index (χ1n) is 6.36. The molecule has 0 aliphatic heterocycles. The molecule has 102 valence electrons. The van der Waals surface area contributed by atoms with E-state index in [1.807, 2.05) is 31.2 Å². The molecule has 0 aliphatic carbocycles. The fraction of sp³-hybridized carbons (Fsp3) is 0.312. The minimum absolute atomic E-state index is 0.0486. The largest absolute Gasteiger partial charge is 0.493 e. The van der Waals surface area contributed by atoms with Crippen molar-refractivity contribution in [1.29, 1.82) is 0 Å². The lowest BCUT2D eigenvalue weighted by Gasteiger charge is -2.19. The molecule has 1 aromatic rings. The molecule has 0 radical (unpaired) electrons. The van der Waals surface area contributed by atoms with Crippen LogP contribution in [0.1, 0.15) is 12.0 Å². The molecule has 3 nitrogen and oxygen atoms in total. The Balaban J connectivity index is 2.40. The zero-order valence-corrected chi connectivity index (χ0v) is 11.5. The van der Waals surface area contributed by atoms with Gasteiger partial charge in [-0.15, -0.1) is 13.2 Å². The third kappa shape index (κ3) is 5.42. The summed E-state index contributed by atoms with van der Waals surface area (Å²) in [7, 11) is 0. The van der Waals surface area contributed by atoms with Gasteiger partial charge >= 0.3 is 0 Å². The topological polar surface area (TPSA) is 29.5 Å². The van der Waals surface area contributed by atoms with E-state index in [0.717, 1.165) is 11.3 Å². The average molecular weight is 259 g/mol. The van der Waals surface area contributed by atoms with Crippen molar-refractivity contribution in [3.8, 4) is 5.75 Å². The third-order valence-electron chi connectivity index (χ3n) is 2.63. The van der Waals surface area contributed by atoms with Crippen molar-refractivity contribution in [2.45, 2.75) is 13.3 Å². The smallest absolute Gasteiger partial charge is 0.226 e. The lowest BCUT2D eigenvalue weighted by Crippen LogP contribution is -2.32. The van der Waals surface area contributed by atoms with Crippen molar-refractivity contribution in [3.63, 3.8) is 0 Å². The van der Waals surface area contributed by atoms with Crippen LogP contribution < -0.4 is 4.74 Å². The maximum absolute atomic E-state index is 11.9. The van der Waals surface area contributed by atoms with E-state index in [1.165, 1.54) is 0 Å². The van der Waals surface area contributed by atoms with Crippen LogP contribution in [0.25, 0.3) is 0 Å². The van der Waals surface area contributed by atoms with Crippen molar-refractivity contribution in [3.05, 3.63) is 55.1 Å². The predicted molar refractivity (Wildman–Crippen MR) is 78.3 cm³/mol. The van der Waals surface area contributed by atoms with Gasteiger partial charge in [0.25, 0.3) is 0 Å². The maximum atomic E-state index is 11.9. The van der Waals surface area contributed by atoms with Crippen molar-refractivity contribution >= 4 is 5.91 Å². The van der Waals surface area contributed by atoms with E-state index in [9.17, 15) is 4.79 Å². The molecule has 0 saturated carbocycles. The molecule has 0 heterocycles. The summed E-state index contributed by atoms with van der Waals surface area (Å²) in [5, 5.41) is 0. The molecular formula is C16H21NO2. The highest BCUT2D eigenvalue weighted by Crippen LogP contribution is 2.12. The van der Waals surface area contributed by atoms with Gasteiger partial charge in [-0.1, -0.05) is 24.3 Å². The number of amides is 1. The van der Waals surface area contributed by atoms with E-state index >= 15 is 0 Å². The highest BCUT2D eigenvalue weighted by molar-refractivity contribution is 5.76. The van der Waals surface area contributed by atoms with E-state index < -0.39 is 0 Å². The summed E-state index contributed by atoms with van der Waals surface area (Å²) in [6.45, 7) is 10.8. The summed E-state index contributed by atoms with van der Waals surface area (Å²) in [6.07, 6.45) is 3.78. The minimum Gasteiger partial charge on any atom is -0.493 e. The summed E-state index contributed by atoms with van der Waals surface area (Å²) in [5.41, 5.74) is 1.14. The van der Waals surface area contributed by atoms with Gasteiger partial charge in [0.1, 0.15) is 5.75 Å². The summed E-state index contributed by atoms with van der Waals surface area (Å²) in [4.78, 5) is 13.6. The molecule has 0 bridgehead atoms. The Morgan fingerprint density at radius 2 is 2.00 bits per heavy atom. The maximum Gasteiger partial charge on any atom is 0.226 e. The number of carbonyl (C=O) groups excluding carboxylic acids is 1. The summed E-state index contributed by atoms with van der Waals surface area (Å²) in [5.74, 6) is 0.847. The van der Waals surface area contributed by atoms with Crippen LogP contribution >= 0.6 is 0 Å². The van der Waals surface area contributed by atoms with Crippen LogP contribution in [0.4, 0.5) is 0 Å². The highest BCUT2D eigenvalue weighted by Gasteiger charge is 2.10. The summed E-state index contributed by atoms with van der Waals surface area (Å²) < 4.78 is 5.56. The Morgan fingerprint density at radius 3 is 2.58 bits per heavy atom. The molecule has 0 spiro atoms. The van der Waals surface area contributed by atoms with Crippen LogP contribution in [0.2, 0.25) is 0 Å². The SMILES string of the molecule is C=CCN(CC=C)C(=O)CCOc1cccc(C)c1. The van der Waals surface area contributed by atoms with Crippen LogP contribution in [0.15, 0.2) is 49.6 Å². The molecule has 0 aliphatic rings. The second-order valence-corrected chi connectivity index (χ2v) is 4.29. The molecule has 0 N–H and O–H groups in total. The number of ether oxygens (including phenoxy) is 1. The Hall–Kier alpha value is -2.03. The van der Waals surface area contributed by atoms with Crippen molar-refractivity contribution in [2.24, 2.45) is 0 Å². The van der Waals surface area contributed by atoms with Crippen molar-refractivity contribution in [2.75, 3.05) is 19.7 Å². The third-order valence-corrected chi connectivity index (χ3v) is 2.63. The molecule has 3 heteroatoms. The lowest BCUT2D eigenvalue weighted by atomic mass is 10.2. The van der Waals surface area contributed by atoms with Crippen molar-refractivity contribution < 1.29 is 9.53 Å². The number of hydrogen-bond donors (Lipinski definition) is 0. The summed E-state index contributed by atoms with van der Waals surface area (Å²) >= 11 is 0. The molecule has 0 unspecified atom stereocenters. The number of rotatable bonds is 8. The molecule has 1 rings (SSSR count). The zero-order valence-electron chi connectivity index (χ0n) is 11.5. The van der Waals surface area contributed by atoms with E-state index in [4.69, 9.17) is 4.74 Å². The monoisotopic (exact) mass is 259 g/mol. The Kier molecular flexibility index (Phi) is 6.44. The number of nitrogens with zero attached hydrogens (tertiary/aromatic N) is 1. The number of aryl methyl sites for hydroxylation is 1. The minimum atomic E-state index is 0.0486. The Bertz CT molecular complexity index is 430. The second-order valence-electron chi connectivity index (χ2n) is 4.29. The van der Waals surface area contributed by atoms with Gasteiger partial charge in [-0.2, -0.15) is 0 Å². The van der Waals surface area contributed by atoms with Crippen molar-refractivity contribution in [1.82, 2.24) is 4.90 Å². The molecule has 0 saturated heterocycles. The second kappa shape index (κ2) is 8.14. The number of carbonyl (C=O) groups is 1. The molecule has 19 heavy (non-hydrogen) atoms.